The molecule has 1 aliphatic heterocycles. The fourth-order valence-corrected chi connectivity index (χ4v) is 4.33. The third-order valence-corrected chi connectivity index (χ3v) is 6.16. The molecule has 1 amide bonds. The fourth-order valence-electron chi connectivity index (χ4n) is 3.01. The van der Waals surface area contributed by atoms with Gasteiger partial charge in [0.1, 0.15) is 10.1 Å². The Balaban J connectivity index is 1.55. The number of thioether (sulfide) groups is 1. The predicted molar refractivity (Wildman–Crippen MR) is 135 cm³/mol. The molecule has 0 saturated carbocycles. The summed E-state index contributed by atoms with van der Waals surface area (Å²) in [4.78, 5) is 12.4. The summed E-state index contributed by atoms with van der Waals surface area (Å²) in [6, 6.07) is 11.7. The van der Waals surface area contributed by atoms with Crippen molar-refractivity contribution in [1.82, 2.24) is 5.32 Å². The molecule has 0 aliphatic carbocycles. The van der Waals surface area contributed by atoms with Crippen LogP contribution in [0.2, 0.25) is 5.02 Å². The van der Waals surface area contributed by atoms with Crippen LogP contribution < -0.4 is 19.5 Å². The highest BCUT2D eigenvalue weighted by Crippen LogP contribution is 2.38. The van der Waals surface area contributed by atoms with Gasteiger partial charge in [-0.2, -0.15) is 0 Å². The minimum absolute atomic E-state index is 0.117. The maximum atomic E-state index is 11.9. The summed E-state index contributed by atoms with van der Waals surface area (Å²) < 4.78 is 17.5. The van der Waals surface area contributed by atoms with Crippen LogP contribution in [-0.4, -0.2) is 30.6 Å². The van der Waals surface area contributed by atoms with Gasteiger partial charge in [-0.25, -0.2) is 0 Å². The van der Waals surface area contributed by atoms with Crippen LogP contribution in [0.15, 0.2) is 41.3 Å². The number of methoxy groups -OCH3 is 1. The van der Waals surface area contributed by atoms with Crippen molar-refractivity contribution in [2.75, 3.05) is 20.3 Å². The van der Waals surface area contributed by atoms with E-state index in [0.29, 0.717) is 45.4 Å². The number of amides is 1. The number of rotatable bonds is 8. The number of ether oxygens (including phenoxy) is 3. The predicted octanol–water partition coefficient (Wildman–Crippen LogP) is 5.98. The number of thiocarbonyl (C=S) groups is 1. The average Bonchev–Trinajstić information content (AvgIpc) is 3.05. The van der Waals surface area contributed by atoms with E-state index in [1.165, 1.54) is 17.3 Å². The molecule has 0 bridgehead atoms. The first-order valence-electron chi connectivity index (χ1n) is 10.2. The zero-order valence-electron chi connectivity index (χ0n) is 18.5. The molecule has 1 heterocycles. The zero-order chi connectivity index (χ0) is 23.3. The standard InChI is InChI=1S/C24H26ClNO4S2/c1-24(2,3)16-6-8-17(9-7-16)29-10-5-11-30-21-18(25)12-15(13-19(21)28-4)14-20-22(27)26-23(31)32-20/h6-9,12-14H,5,10-11H2,1-4H3,(H,26,27,31). The van der Waals surface area contributed by atoms with E-state index in [-0.39, 0.29) is 11.3 Å². The van der Waals surface area contributed by atoms with E-state index in [4.69, 9.17) is 38.0 Å². The molecule has 0 unspecified atom stereocenters. The van der Waals surface area contributed by atoms with E-state index in [0.717, 1.165) is 11.3 Å². The van der Waals surface area contributed by atoms with Gasteiger partial charge in [-0.3, -0.25) is 4.79 Å². The van der Waals surface area contributed by atoms with Crippen LogP contribution in [0.1, 0.15) is 38.3 Å². The molecule has 8 heteroatoms. The molecule has 0 spiro atoms. The number of halogens is 1. The van der Waals surface area contributed by atoms with Crippen molar-refractivity contribution < 1.29 is 19.0 Å². The van der Waals surface area contributed by atoms with Crippen molar-refractivity contribution >= 4 is 51.9 Å². The van der Waals surface area contributed by atoms with Crippen LogP contribution in [0.3, 0.4) is 0 Å². The molecule has 32 heavy (non-hydrogen) atoms. The summed E-state index contributed by atoms with van der Waals surface area (Å²) in [5.74, 6) is 1.57. The van der Waals surface area contributed by atoms with E-state index >= 15 is 0 Å². The Kier molecular flexibility index (Phi) is 8.09. The molecule has 0 atom stereocenters. The van der Waals surface area contributed by atoms with Crippen molar-refractivity contribution in [3.05, 3.63) is 57.5 Å². The quantitative estimate of drug-likeness (QED) is 0.278. The van der Waals surface area contributed by atoms with Crippen molar-refractivity contribution in [3.8, 4) is 17.2 Å². The molecule has 0 radical (unpaired) electrons. The molecule has 1 aliphatic rings. The number of benzene rings is 2. The first kappa shape index (κ1) is 24.4. The lowest BCUT2D eigenvalue weighted by atomic mass is 9.87. The van der Waals surface area contributed by atoms with Crippen LogP contribution >= 0.6 is 35.6 Å². The minimum atomic E-state index is -0.219. The fraction of sp³-hybridized carbons (Fsp3) is 0.333. The Morgan fingerprint density at radius 3 is 2.41 bits per heavy atom. The van der Waals surface area contributed by atoms with Gasteiger partial charge < -0.3 is 19.5 Å². The highest BCUT2D eigenvalue weighted by molar-refractivity contribution is 8.26. The van der Waals surface area contributed by atoms with E-state index in [9.17, 15) is 4.79 Å². The van der Waals surface area contributed by atoms with E-state index < -0.39 is 0 Å². The van der Waals surface area contributed by atoms with Gasteiger partial charge >= 0.3 is 0 Å². The molecule has 2 aromatic carbocycles. The van der Waals surface area contributed by atoms with Crippen LogP contribution in [0.25, 0.3) is 6.08 Å². The van der Waals surface area contributed by atoms with Gasteiger partial charge in [0.15, 0.2) is 11.5 Å². The Morgan fingerprint density at radius 2 is 1.81 bits per heavy atom. The molecule has 0 aromatic heterocycles. The van der Waals surface area contributed by atoms with Crippen LogP contribution in [-0.2, 0) is 10.2 Å². The number of nitrogens with one attached hydrogen (secondary N) is 1. The molecule has 5 nitrogen and oxygen atoms in total. The summed E-state index contributed by atoms with van der Waals surface area (Å²) in [6.07, 6.45) is 2.40. The van der Waals surface area contributed by atoms with Crippen molar-refractivity contribution in [2.24, 2.45) is 0 Å². The second kappa shape index (κ2) is 10.6. The van der Waals surface area contributed by atoms with Crippen molar-refractivity contribution in [1.29, 1.82) is 0 Å². The lowest BCUT2D eigenvalue weighted by Crippen LogP contribution is -2.17. The number of carbonyl (C=O) groups excluding carboxylic acids is 1. The molecule has 1 N–H and O–H groups in total. The molecule has 1 fully saturated rings. The topological polar surface area (TPSA) is 56.8 Å². The second-order valence-electron chi connectivity index (χ2n) is 8.21. The van der Waals surface area contributed by atoms with Gasteiger partial charge in [0, 0.05) is 6.42 Å². The first-order chi connectivity index (χ1) is 15.2. The lowest BCUT2D eigenvalue weighted by molar-refractivity contribution is -0.115. The maximum absolute atomic E-state index is 11.9. The van der Waals surface area contributed by atoms with Crippen LogP contribution in [0.5, 0.6) is 17.2 Å². The minimum Gasteiger partial charge on any atom is -0.493 e. The Hall–Kier alpha value is -2.22. The van der Waals surface area contributed by atoms with Gasteiger partial charge in [-0.05, 0) is 46.9 Å². The maximum Gasteiger partial charge on any atom is 0.263 e. The third kappa shape index (κ3) is 6.40. The Morgan fingerprint density at radius 1 is 1.12 bits per heavy atom. The summed E-state index contributed by atoms with van der Waals surface area (Å²) in [6.45, 7) is 7.49. The smallest absolute Gasteiger partial charge is 0.263 e. The Labute approximate surface area is 203 Å². The van der Waals surface area contributed by atoms with Gasteiger partial charge in [-0.1, -0.05) is 68.5 Å². The van der Waals surface area contributed by atoms with Crippen molar-refractivity contribution in [2.45, 2.75) is 32.6 Å². The summed E-state index contributed by atoms with van der Waals surface area (Å²) in [5.41, 5.74) is 2.11. The van der Waals surface area contributed by atoms with Crippen LogP contribution in [0, 0.1) is 0 Å². The van der Waals surface area contributed by atoms with E-state index in [2.05, 4.69) is 38.2 Å². The largest absolute Gasteiger partial charge is 0.493 e. The normalized spacial score (nSPS) is 15.1. The molecule has 170 valence electrons. The van der Waals surface area contributed by atoms with Gasteiger partial charge in [0.05, 0.1) is 30.3 Å². The average molecular weight is 492 g/mol. The zero-order valence-corrected chi connectivity index (χ0v) is 20.9. The highest BCUT2D eigenvalue weighted by atomic mass is 35.5. The summed E-state index contributed by atoms with van der Waals surface area (Å²) in [5, 5.41) is 2.99. The third-order valence-electron chi connectivity index (χ3n) is 4.72. The van der Waals surface area contributed by atoms with Gasteiger partial charge in [-0.15, -0.1) is 0 Å². The lowest BCUT2D eigenvalue weighted by Gasteiger charge is -2.19. The highest BCUT2D eigenvalue weighted by Gasteiger charge is 2.22. The summed E-state index contributed by atoms with van der Waals surface area (Å²) in [7, 11) is 1.55. The number of hydrogen-bond donors (Lipinski definition) is 1. The van der Waals surface area contributed by atoms with Crippen LogP contribution in [0.4, 0.5) is 0 Å². The molecule has 3 rings (SSSR count). The first-order valence-corrected chi connectivity index (χ1v) is 11.8. The summed E-state index contributed by atoms with van der Waals surface area (Å²) >= 11 is 12.7. The van der Waals surface area contributed by atoms with Gasteiger partial charge in [0.25, 0.3) is 5.91 Å². The molecular formula is C24H26ClNO4S2. The number of hydrogen-bond acceptors (Lipinski definition) is 6. The monoisotopic (exact) mass is 491 g/mol. The SMILES string of the molecule is COc1cc(C=C2SC(=S)NC2=O)cc(Cl)c1OCCCOc1ccc(C(C)(C)C)cc1. The molecular weight excluding hydrogens is 466 g/mol. The molecule has 1 saturated heterocycles. The van der Waals surface area contributed by atoms with E-state index in [1.807, 2.05) is 12.1 Å². The molecule has 2 aromatic rings. The Bertz CT molecular complexity index is 1030. The van der Waals surface area contributed by atoms with Gasteiger partial charge in [0.2, 0.25) is 0 Å². The van der Waals surface area contributed by atoms with E-state index in [1.54, 1.807) is 25.3 Å². The second-order valence-corrected chi connectivity index (χ2v) is 10.3. The number of carbonyl (C=O) groups is 1. The van der Waals surface area contributed by atoms with Crippen molar-refractivity contribution in [3.63, 3.8) is 0 Å².